The van der Waals surface area contributed by atoms with Gasteiger partial charge in [-0.3, -0.25) is 28.9 Å². The second-order valence-electron chi connectivity index (χ2n) is 13.3. The topological polar surface area (TPSA) is 142 Å². The molecule has 2 saturated heterocycles. The van der Waals surface area contributed by atoms with Crippen LogP contribution < -0.4 is 9.64 Å². The molecule has 0 spiro atoms. The molecule has 256 valence electrons. The molecule has 2 aliphatic carbocycles. The number of allylic oxidation sites excluding steroid dienone is 3. The number of phenolic OH excluding ortho intramolecular Hbond substituents is 1. The lowest BCUT2D eigenvalue weighted by molar-refractivity contribution is -0.142. The number of halogens is 1. The maximum atomic E-state index is 15.2. The van der Waals surface area contributed by atoms with Gasteiger partial charge in [-0.25, -0.2) is 4.90 Å². The zero-order valence-electron chi connectivity index (χ0n) is 27.2. The first-order valence-electron chi connectivity index (χ1n) is 16.6. The van der Waals surface area contributed by atoms with Crippen molar-refractivity contribution in [2.45, 2.75) is 31.1 Å². The number of rotatable bonds is 9. The number of carboxylic acids is 1. The van der Waals surface area contributed by atoms with E-state index in [4.69, 9.17) is 21.4 Å². The summed E-state index contributed by atoms with van der Waals surface area (Å²) in [6, 6.07) is 20.7. The van der Waals surface area contributed by atoms with Crippen LogP contribution in [0.5, 0.6) is 11.5 Å². The predicted octanol–water partition coefficient (Wildman–Crippen LogP) is 5.63. The SMILES string of the molecule is COc1cc(C=C[C@H]2C3=CC[C@@H]4C(=O)N(CCCC(=O)O)C(=O)[C@@H]4[C@@H]3C[C@H]3C(=O)N(c4cccc(Cl)c4)C(=O)[C@@]23c2ccccc2)ccc1O. The molecule has 0 bridgehead atoms. The molecule has 50 heavy (non-hydrogen) atoms. The maximum absolute atomic E-state index is 15.2. The third kappa shape index (κ3) is 5.20. The molecule has 4 aliphatic rings. The normalized spacial score (nSPS) is 27.3. The molecular formula is C39H35ClN2O8. The summed E-state index contributed by atoms with van der Waals surface area (Å²) in [4.78, 5) is 71.2. The van der Waals surface area contributed by atoms with Crippen LogP contribution in [0, 0.1) is 29.6 Å². The van der Waals surface area contributed by atoms with Crippen molar-refractivity contribution in [1.82, 2.24) is 4.90 Å². The lowest BCUT2D eigenvalue weighted by Gasteiger charge is -2.49. The molecule has 7 rings (SSSR count). The fraction of sp³-hybridized carbons (Fsp3) is 0.308. The molecule has 2 heterocycles. The van der Waals surface area contributed by atoms with Crippen molar-refractivity contribution < 1.29 is 38.9 Å². The number of likely N-dealkylation sites (tertiary alicyclic amines) is 1. The van der Waals surface area contributed by atoms with E-state index in [9.17, 15) is 24.3 Å². The highest BCUT2D eigenvalue weighted by molar-refractivity contribution is 6.32. The van der Waals surface area contributed by atoms with Crippen molar-refractivity contribution in [1.29, 1.82) is 0 Å². The summed E-state index contributed by atoms with van der Waals surface area (Å²) in [6.07, 6.45) is 6.06. The summed E-state index contributed by atoms with van der Waals surface area (Å²) in [5.74, 6) is -5.85. The number of nitrogens with zero attached hydrogens (tertiary/aromatic N) is 2. The molecule has 3 aromatic rings. The van der Waals surface area contributed by atoms with Crippen LogP contribution in [0.1, 0.15) is 36.8 Å². The van der Waals surface area contributed by atoms with Crippen LogP contribution in [0.2, 0.25) is 5.02 Å². The lowest BCUT2D eigenvalue weighted by atomic mass is 9.50. The van der Waals surface area contributed by atoms with Gasteiger partial charge in [0.25, 0.3) is 0 Å². The number of hydrogen-bond donors (Lipinski definition) is 2. The number of aromatic hydroxyl groups is 1. The zero-order valence-corrected chi connectivity index (χ0v) is 28.0. The van der Waals surface area contributed by atoms with Gasteiger partial charge in [0, 0.05) is 23.9 Å². The highest BCUT2D eigenvalue weighted by Crippen LogP contribution is 2.62. The highest BCUT2D eigenvalue weighted by atomic mass is 35.5. The number of amides is 4. The minimum absolute atomic E-state index is 0.00236. The minimum Gasteiger partial charge on any atom is -0.504 e. The smallest absolute Gasteiger partial charge is 0.303 e. The molecule has 10 nitrogen and oxygen atoms in total. The van der Waals surface area contributed by atoms with E-state index in [1.807, 2.05) is 48.6 Å². The first kappa shape index (κ1) is 33.3. The molecule has 1 saturated carbocycles. The van der Waals surface area contributed by atoms with Gasteiger partial charge >= 0.3 is 5.97 Å². The van der Waals surface area contributed by atoms with Crippen molar-refractivity contribution in [2.75, 3.05) is 18.6 Å². The Balaban J connectivity index is 1.40. The van der Waals surface area contributed by atoms with E-state index in [-0.39, 0.29) is 55.5 Å². The van der Waals surface area contributed by atoms with Gasteiger partial charge in [-0.15, -0.1) is 0 Å². The van der Waals surface area contributed by atoms with Crippen molar-refractivity contribution in [3.05, 3.63) is 107 Å². The summed E-state index contributed by atoms with van der Waals surface area (Å²) in [7, 11) is 1.45. The Bertz CT molecular complexity index is 1980. The van der Waals surface area contributed by atoms with E-state index in [1.54, 1.807) is 36.4 Å². The van der Waals surface area contributed by atoms with Crippen LogP contribution in [0.15, 0.2) is 90.5 Å². The van der Waals surface area contributed by atoms with Crippen molar-refractivity contribution >= 4 is 53.0 Å². The third-order valence-corrected chi connectivity index (χ3v) is 11.0. The second-order valence-corrected chi connectivity index (χ2v) is 13.7. The van der Waals surface area contributed by atoms with Gasteiger partial charge in [0.05, 0.1) is 36.0 Å². The maximum Gasteiger partial charge on any atom is 0.303 e. The molecule has 2 aliphatic heterocycles. The standard InChI is InChI=1S/C39H35ClN2O8/c1-50-32-19-22(13-17-31(32)43)12-16-29-26-14-15-27-34(37(48)41(35(27)46)18-6-11-33(44)45)28(26)21-30-36(47)42(25-10-5-9-24(40)20-25)38(49)39(29,30)23-7-3-2-4-8-23/h2-5,7-10,12-14,16-17,19-20,27-30,34,43H,6,11,15,18,21H2,1H3,(H,44,45)/t27-,28+,29-,30-,34-,39-/m0/s1. The number of phenols is 1. The van der Waals surface area contributed by atoms with Gasteiger partial charge in [-0.1, -0.05) is 77.9 Å². The Kier molecular flexibility index (Phi) is 8.59. The van der Waals surface area contributed by atoms with Gasteiger partial charge in [0.2, 0.25) is 23.6 Å². The molecule has 0 aromatic heterocycles. The van der Waals surface area contributed by atoms with Gasteiger partial charge in [0.1, 0.15) is 0 Å². The molecule has 2 N–H and O–H groups in total. The van der Waals surface area contributed by atoms with Crippen LogP contribution in [-0.2, 0) is 29.4 Å². The number of methoxy groups -OCH3 is 1. The fourth-order valence-electron chi connectivity index (χ4n) is 8.67. The average Bonchev–Trinajstić information content (AvgIpc) is 3.49. The van der Waals surface area contributed by atoms with E-state index in [2.05, 4.69) is 0 Å². The van der Waals surface area contributed by atoms with Crippen molar-refractivity contribution in [3.8, 4) is 11.5 Å². The Morgan fingerprint density at radius 3 is 2.48 bits per heavy atom. The Morgan fingerprint density at radius 1 is 0.980 bits per heavy atom. The molecule has 11 heteroatoms. The van der Waals surface area contributed by atoms with E-state index in [1.165, 1.54) is 23.0 Å². The minimum atomic E-state index is -1.40. The summed E-state index contributed by atoms with van der Waals surface area (Å²) in [5.41, 5.74) is 1.07. The second kappa shape index (κ2) is 12.9. The van der Waals surface area contributed by atoms with Crippen molar-refractivity contribution in [3.63, 3.8) is 0 Å². The lowest BCUT2D eigenvalue weighted by Crippen LogP contribution is -2.54. The van der Waals surface area contributed by atoms with Crippen LogP contribution in [0.4, 0.5) is 5.69 Å². The van der Waals surface area contributed by atoms with Crippen molar-refractivity contribution in [2.24, 2.45) is 29.6 Å². The Hall–Kier alpha value is -5.22. The molecular weight excluding hydrogens is 660 g/mol. The van der Waals surface area contributed by atoms with Crippen LogP contribution in [0.3, 0.4) is 0 Å². The number of carbonyl (C=O) groups is 5. The van der Waals surface area contributed by atoms with Gasteiger partial charge in [0.15, 0.2) is 11.5 Å². The number of hydrogen-bond acceptors (Lipinski definition) is 7. The fourth-order valence-corrected chi connectivity index (χ4v) is 8.85. The van der Waals surface area contributed by atoms with Gasteiger partial charge in [-0.05, 0) is 66.6 Å². The number of aliphatic carboxylic acids is 1. The zero-order chi connectivity index (χ0) is 35.3. The van der Waals surface area contributed by atoms with Gasteiger partial charge < -0.3 is 14.9 Å². The summed E-state index contributed by atoms with van der Waals surface area (Å²) < 4.78 is 5.33. The monoisotopic (exact) mass is 694 g/mol. The number of imide groups is 2. The number of fused-ring (bicyclic) bond motifs is 4. The molecule has 0 unspecified atom stereocenters. The number of carboxylic acid groups (broad SMARTS) is 1. The van der Waals surface area contributed by atoms with Crippen LogP contribution in [-0.4, -0.2) is 58.4 Å². The van der Waals surface area contributed by atoms with Gasteiger partial charge in [-0.2, -0.15) is 0 Å². The van der Waals surface area contributed by atoms with Crippen LogP contribution >= 0.6 is 11.6 Å². The quantitative estimate of drug-likeness (QED) is 0.217. The first-order valence-corrected chi connectivity index (χ1v) is 17.0. The first-order chi connectivity index (χ1) is 24.1. The molecule has 0 radical (unpaired) electrons. The third-order valence-electron chi connectivity index (χ3n) is 10.8. The van der Waals surface area contributed by atoms with E-state index in [0.29, 0.717) is 21.8 Å². The predicted molar refractivity (Wildman–Crippen MR) is 184 cm³/mol. The summed E-state index contributed by atoms with van der Waals surface area (Å²) >= 11 is 6.36. The largest absolute Gasteiger partial charge is 0.504 e. The number of carbonyl (C=O) groups excluding carboxylic acids is 4. The number of anilines is 1. The highest BCUT2D eigenvalue weighted by Gasteiger charge is 2.69. The summed E-state index contributed by atoms with van der Waals surface area (Å²) in [6.45, 7) is 0.00236. The molecule has 3 aromatic carbocycles. The Morgan fingerprint density at radius 2 is 1.76 bits per heavy atom. The number of ether oxygens (including phenoxy) is 1. The molecule has 4 amide bonds. The van der Waals surface area contributed by atoms with E-state index < -0.39 is 52.8 Å². The number of benzene rings is 3. The molecule has 6 atom stereocenters. The average molecular weight is 695 g/mol. The van der Waals surface area contributed by atoms with E-state index in [0.717, 1.165) is 5.57 Å². The van der Waals surface area contributed by atoms with E-state index >= 15 is 4.79 Å². The summed E-state index contributed by atoms with van der Waals surface area (Å²) in [5, 5.41) is 19.8. The van der Waals surface area contributed by atoms with Crippen LogP contribution in [0.25, 0.3) is 6.08 Å². The Labute approximate surface area is 293 Å². The molecule has 3 fully saturated rings.